The van der Waals surface area contributed by atoms with Crippen LogP contribution in [0.1, 0.15) is 79.0 Å². The number of hydrogen-bond donors (Lipinski definition) is 0. The fraction of sp³-hybridized carbons (Fsp3) is 0.143. The van der Waals surface area contributed by atoms with E-state index in [1.54, 1.807) is 0 Å². The van der Waals surface area contributed by atoms with E-state index in [0.717, 1.165) is 67.3 Å². The molecule has 0 amide bonds. The molecule has 90 heavy (non-hydrogen) atoms. The number of nitrogens with zero attached hydrogens (tertiary/aromatic N) is 4. The lowest BCUT2D eigenvalue weighted by Crippen LogP contribution is -2.74. The first kappa shape index (κ1) is 56.4. The molecule has 4 heterocycles. The lowest BCUT2D eigenvalue weighted by Gasteiger charge is -2.35. The van der Waals surface area contributed by atoms with E-state index in [1.807, 2.05) is 6.20 Å². The number of para-hydroxylation sites is 3. The molecule has 438 valence electrons. The topological polar surface area (TPSA) is 35.9 Å². The molecule has 3 aromatic heterocycles. The van der Waals surface area contributed by atoms with Gasteiger partial charge in [-0.05, 0) is 136 Å². The number of pyridine rings is 1. The van der Waals surface area contributed by atoms with Crippen molar-refractivity contribution in [3.05, 3.63) is 296 Å². The SMILES string of the molecule is CC(C)(C)c1cc(-c2cccc3c2-[n+]2cn(-c4cccc(Oc5ccc6c7ccccc7n(-c7cc(C(C)(C)C)ccn7)c6c5)c4)c4cccc(c42)-c2ccc([Si](c4ccccc4)(c4ccccc4)c4ccccc4)cc2-c2ccccc2-3)cc(C(C)(C)C)c1. The molecule has 1 aliphatic heterocycles. The average Bonchev–Trinajstić information content (AvgIpc) is 1.40. The lowest BCUT2D eigenvalue weighted by atomic mass is 9.78. The molecule has 0 N–H and O–H groups in total. The Morgan fingerprint density at radius 2 is 0.900 bits per heavy atom. The molecular weight excluding hydrogens is 1110 g/mol. The number of rotatable bonds is 9. The first-order valence-corrected chi connectivity index (χ1v) is 33.6. The first-order valence-electron chi connectivity index (χ1n) is 31.6. The fourth-order valence-electron chi connectivity index (χ4n) is 14.1. The van der Waals surface area contributed by atoms with Gasteiger partial charge >= 0.3 is 0 Å². The van der Waals surface area contributed by atoms with Crippen LogP contribution in [0.5, 0.6) is 11.5 Å². The maximum atomic E-state index is 7.03. The molecule has 15 rings (SSSR count). The maximum absolute atomic E-state index is 7.03. The Labute approximate surface area is 529 Å². The summed E-state index contributed by atoms with van der Waals surface area (Å²) >= 11 is 0. The average molecular weight is 1180 g/mol. The maximum Gasteiger partial charge on any atom is 0.255 e. The number of fused-ring (bicyclic) bond motifs is 10. The van der Waals surface area contributed by atoms with Crippen LogP contribution in [0.25, 0.3) is 94.5 Å². The van der Waals surface area contributed by atoms with Crippen LogP contribution in [0.2, 0.25) is 0 Å². The second-order valence-electron chi connectivity index (χ2n) is 27.5. The molecule has 5 nitrogen and oxygen atoms in total. The van der Waals surface area contributed by atoms with Crippen molar-refractivity contribution >= 4 is 61.7 Å². The molecule has 1 aliphatic rings. The molecule has 0 saturated heterocycles. The summed E-state index contributed by atoms with van der Waals surface area (Å²) < 4.78 is 14.2. The number of benzene rings is 11. The van der Waals surface area contributed by atoms with E-state index < -0.39 is 8.07 Å². The van der Waals surface area contributed by atoms with Gasteiger partial charge in [-0.15, -0.1) is 0 Å². The summed E-state index contributed by atoms with van der Waals surface area (Å²) in [5.41, 5.74) is 19.4. The van der Waals surface area contributed by atoms with E-state index in [4.69, 9.17) is 9.72 Å². The minimum Gasteiger partial charge on any atom is -0.457 e. The zero-order chi connectivity index (χ0) is 61.7. The summed E-state index contributed by atoms with van der Waals surface area (Å²) in [4.78, 5) is 4.97. The monoisotopic (exact) mass is 1180 g/mol. The Morgan fingerprint density at radius 1 is 0.367 bits per heavy atom. The summed E-state index contributed by atoms with van der Waals surface area (Å²) in [5, 5.41) is 7.66. The molecule has 0 aliphatic carbocycles. The Bertz CT molecular complexity index is 4960. The van der Waals surface area contributed by atoms with Gasteiger partial charge in [0.25, 0.3) is 6.33 Å². The largest absolute Gasteiger partial charge is 0.457 e. The highest BCUT2D eigenvalue weighted by Gasteiger charge is 2.42. The molecule has 11 aromatic carbocycles. The normalized spacial score (nSPS) is 12.5. The summed E-state index contributed by atoms with van der Waals surface area (Å²) in [6.45, 7) is 20.7. The van der Waals surface area contributed by atoms with Gasteiger partial charge in [0.1, 0.15) is 28.7 Å². The van der Waals surface area contributed by atoms with Gasteiger partial charge in [-0.2, -0.15) is 9.13 Å². The molecule has 0 atom stereocenters. The van der Waals surface area contributed by atoms with Crippen molar-refractivity contribution in [3.63, 3.8) is 0 Å². The van der Waals surface area contributed by atoms with Crippen molar-refractivity contribution in [2.45, 2.75) is 78.6 Å². The minimum atomic E-state index is -2.97. The second-order valence-corrected chi connectivity index (χ2v) is 31.3. The summed E-state index contributed by atoms with van der Waals surface area (Å²) in [6, 6.07) is 99.6. The third-order valence-electron chi connectivity index (χ3n) is 18.7. The van der Waals surface area contributed by atoms with Crippen molar-refractivity contribution < 1.29 is 9.30 Å². The van der Waals surface area contributed by atoms with Gasteiger partial charge in [-0.1, -0.05) is 263 Å². The van der Waals surface area contributed by atoms with Crippen LogP contribution in [-0.4, -0.2) is 22.2 Å². The van der Waals surface area contributed by atoms with E-state index in [9.17, 15) is 0 Å². The van der Waals surface area contributed by atoms with Gasteiger partial charge in [-0.25, -0.2) is 4.98 Å². The molecule has 14 aromatic rings. The Hall–Kier alpha value is -10.1. The molecule has 0 radical (unpaired) electrons. The zero-order valence-corrected chi connectivity index (χ0v) is 53.8. The standard InChI is InChI=1S/C84H73N4OSi/c1-82(2,3)57-46-47-85-79(51-57)88-76-40-22-21-36-71(76)72-44-42-62(53-78(72)88)89-61-27-23-26-60(52-61)86-55-87-80-67(56-48-58(83(4,5)6)50-59(49-56)84(7,8)9)37-24-38-73(80)68-34-19-20-35-69(68)75-54-66(43-45-70(75)74-39-25-41-77(86)81(74)87)90(63-28-13-10-14-29-63,64-30-15-11-16-31-64)65-32-17-12-18-33-65/h10-55H,1-9H3/q+1. The van der Waals surface area contributed by atoms with Gasteiger partial charge < -0.3 is 4.74 Å². The highest BCUT2D eigenvalue weighted by molar-refractivity contribution is 7.20. The lowest BCUT2D eigenvalue weighted by molar-refractivity contribution is -0.566. The van der Waals surface area contributed by atoms with E-state index >= 15 is 0 Å². The van der Waals surface area contributed by atoms with E-state index in [0.29, 0.717) is 0 Å². The van der Waals surface area contributed by atoms with Crippen LogP contribution in [0.15, 0.2) is 279 Å². The molecule has 6 heteroatoms. The van der Waals surface area contributed by atoms with Crippen LogP contribution in [0, 0.1) is 0 Å². The molecule has 0 spiro atoms. The second kappa shape index (κ2) is 21.6. The van der Waals surface area contributed by atoms with E-state index in [2.05, 4.69) is 349 Å². The fourth-order valence-corrected chi connectivity index (χ4v) is 18.8. The highest BCUT2D eigenvalue weighted by Crippen LogP contribution is 2.47. The van der Waals surface area contributed by atoms with Crippen molar-refractivity contribution in [2.75, 3.05) is 0 Å². The van der Waals surface area contributed by atoms with Crippen molar-refractivity contribution in [2.24, 2.45) is 0 Å². The number of imidazole rings is 1. The van der Waals surface area contributed by atoms with Crippen LogP contribution in [0.3, 0.4) is 0 Å². The Balaban J connectivity index is 0.973. The molecule has 0 unspecified atom stereocenters. The van der Waals surface area contributed by atoms with Crippen LogP contribution >= 0.6 is 0 Å². The molecule has 0 saturated carbocycles. The Kier molecular flexibility index (Phi) is 13.5. The third-order valence-corrected chi connectivity index (χ3v) is 23.5. The van der Waals surface area contributed by atoms with Crippen molar-refractivity contribution in [3.8, 4) is 73.2 Å². The van der Waals surface area contributed by atoms with Crippen LogP contribution in [0.4, 0.5) is 0 Å². The summed E-state index contributed by atoms with van der Waals surface area (Å²) in [6.07, 6.45) is 4.26. The molecule has 0 fully saturated rings. The van der Waals surface area contributed by atoms with E-state index in [1.165, 1.54) is 76.2 Å². The van der Waals surface area contributed by atoms with Gasteiger partial charge in [0.2, 0.25) is 0 Å². The van der Waals surface area contributed by atoms with Gasteiger partial charge in [0, 0.05) is 45.8 Å². The third kappa shape index (κ3) is 9.51. The van der Waals surface area contributed by atoms with Crippen molar-refractivity contribution in [1.29, 1.82) is 0 Å². The number of aromatic nitrogens is 4. The first-order chi connectivity index (χ1) is 43.5. The molecular formula is C84H73N4OSi+. The van der Waals surface area contributed by atoms with E-state index in [-0.39, 0.29) is 16.2 Å². The minimum absolute atomic E-state index is 0.0413. The summed E-state index contributed by atoms with van der Waals surface area (Å²) in [7, 11) is -2.97. The summed E-state index contributed by atoms with van der Waals surface area (Å²) in [5.74, 6) is 2.36. The van der Waals surface area contributed by atoms with Crippen LogP contribution < -0.4 is 30.1 Å². The van der Waals surface area contributed by atoms with Gasteiger partial charge in [0.15, 0.2) is 19.1 Å². The number of hydrogen-bond acceptors (Lipinski definition) is 2. The van der Waals surface area contributed by atoms with Crippen LogP contribution in [-0.2, 0) is 16.2 Å². The molecule has 0 bridgehead atoms. The predicted molar refractivity (Wildman–Crippen MR) is 378 cm³/mol. The Morgan fingerprint density at radius 3 is 1.57 bits per heavy atom. The van der Waals surface area contributed by atoms with Gasteiger partial charge in [-0.3, -0.25) is 4.57 Å². The smallest absolute Gasteiger partial charge is 0.255 e. The van der Waals surface area contributed by atoms with Crippen molar-refractivity contribution in [1.82, 2.24) is 14.1 Å². The predicted octanol–water partition coefficient (Wildman–Crippen LogP) is 18.4. The zero-order valence-electron chi connectivity index (χ0n) is 52.8. The quantitative estimate of drug-likeness (QED) is 0.0820. The van der Waals surface area contributed by atoms with Gasteiger partial charge in [0.05, 0.1) is 11.0 Å². The number of ether oxygens (including phenoxy) is 1. The highest BCUT2D eigenvalue weighted by atomic mass is 28.3.